The molecule has 180 valence electrons. The fraction of sp³-hybridized carbons (Fsp3) is 0.400. The Kier molecular flexibility index (Phi) is 5.60. The molecule has 2 aromatic rings. The Morgan fingerprint density at radius 1 is 0.686 bits per heavy atom. The number of benzene rings is 2. The summed E-state index contributed by atoms with van der Waals surface area (Å²) in [5, 5.41) is 0. The summed E-state index contributed by atoms with van der Waals surface area (Å²) in [4.78, 5) is 31.1. The van der Waals surface area contributed by atoms with Gasteiger partial charge in [0.05, 0.1) is 23.9 Å². The lowest BCUT2D eigenvalue weighted by Crippen LogP contribution is -2.47. The Hall–Kier alpha value is -3.18. The summed E-state index contributed by atoms with van der Waals surface area (Å²) in [7, 11) is 0. The predicted molar refractivity (Wildman–Crippen MR) is 134 cm³/mol. The highest BCUT2D eigenvalue weighted by molar-refractivity contribution is 5.84. The number of rotatable bonds is 6. The zero-order chi connectivity index (χ0) is 24.1. The minimum atomic E-state index is -0.405. The van der Waals surface area contributed by atoms with E-state index in [1.54, 1.807) is 0 Å². The first kappa shape index (κ1) is 22.3. The Balaban J connectivity index is 1.36. The van der Waals surface area contributed by atoms with Crippen LogP contribution in [0.25, 0.3) is 0 Å². The number of likely N-dealkylation sites (tertiary alicyclic amines) is 2. The van der Waals surface area contributed by atoms with Crippen molar-refractivity contribution in [1.82, 2.24) is 9.80 Å². The van der Waals surface area contributed by atoms with Gasteiger partial charge in [0.2, 0.25) is 11.8 Å². The van der Waals surface area contributed by atoms with Crippen molar-refractivity contribution in [1.29, 1.82) is 0 Å². The monoisotopic (exact) mass is 468 g/mol. The Morgan fingerprint density at radius 2 is 1.09 bits per heavy atom. The molecule has 5 heteroatoms. The van der Waals surface area contributed by atoms with E-state index in [0.29, 0.717) is 0 Å². The molecule has 0 radical (unpaired) electrons. The summed E-state index contributed by atoms with van der Waals surface area (Å²) in [5.41, 5.74) is 2.18. The van der Waals surface area contributed by atoms with Crippen molar-refractivity contribution in [2.75, 3.05) is 0 Å². The molecule has 2 heterocycles. The minimum absolute atomic E-state index is 0.00192. The number of hydrogen-bond donors (Lipinski definition) is 0. The van der Waals surface area contributed by atoms with Crippen LogP contribution in [-0.4, -0.2) is 34.1 Å². The van der Waals surface area contributed by atoms with E-state index in [1.165, 1.54) is 0 Å². The van der Waals surface area contributed by atoms with Crippen molar-refractivity contribution in [2.45, 2.75) is 51.2 Å². The molecule has 5 nitrogen and oxygen atoms in total. The average molecular weight is 469 g/mol. The number of carbonyl (C=O) groups is 2. The summed E-state index contributed by atoms with van der Waals surface area (Å²) < 4.78 is 6.96. The molecule has 0 saturated carbocycles. The van der Waals surface area contributed by atoms with Crippen molar-refractivity contribution in [3.05, 3.63) is 96.1 Å². The van der Waals surface area contributed by atoms with E-state index in [9.17, 15) is 9.59 Å². The van der Waals surface area contributed by atoms with Gasteiger partial charge in [0, 0.05) is 11.8 Å². The first-order valence-corrected chi connectivity index (χ1v) is 12.8. The third-order valence-electron chi connectivity index (χ3n) is 8.45. The van der Waals surface area contributed by atoms with Crippen LogP contribution in [0.4, 0.5) is 0 Å². The van der Waals surface area contributed by atoms with Gasteiger partial charge in [-0.05, 0) is 37.8 Å². The van der Waals surface area contributed by atoms with Crippen LogP contribution in [-0.2, 0) is 14.3 Å². The predicted octanol–water partition coefficient (Wildman–Crippen LogP) is 5.25. The highest BCUT2D eigenvalue weighted by Crippen LogP contribution is 2.48. The van der Waals surface area contributed by atoms with E-state index in [4.69, 9.17) is 4.74 Å². The first-order valence-electron chi connectivity index (χ1n) is 12.8. The molecule has 2 aliphatic carbocycles. The molecule has 0 bridgehead atoms. The Labute approximate surface area is 207 Å². The summed E-state index contributed by atoms with van der Waals surface area (Å²) in [5.74, 6) is 0.124. The van der Waals surface area contributed by atoms with Crippen LogP contribution in [0.5, 0.6) is 0 Å². The molecule has 0 spiro atoms. The maximum absolute atomic E-state index is 13.6. The molecule has 2 aromatic carbocycles. The molecule has 2 aliphatic heterocycles. The van der Waals surface area contributed by atoms with Gasteiger partial charge in [-0.1, -0.05) is 85.0 Å². The normalized spacial score (nSPS) is 32.9. The molecule has 0 aromatic heterocycles. The Morgan fingerprint density at radius 3 is 1.49 bits per heavy atom. The SMILES string of the molecule is C[C@H](c1ccccc1)N1C(=O)[C@@H]2CC=C[C@@H]2C1OC1[C@H]2C=CC[C@H]2C(=O)N1[C@H](C)c1ccccc1. The van der Waals surface area contributed by atoms with Gasteiger partial charge < -0.3 is 14.5 Å². The van der Waals surface area contributed by atoms with Crippen molar-refractivity contribution >= 4 is 11.8 Å². The molecule has 2 unspecified atom stereocenters. The van der Waals surface area contributed by atoms with Gasteiger partial charge in [0.15, 0.2) is 0 Å². The fourth-order valence-corrected chi connectivity index (χ4v) is 6.53. The van der Waals surface area contributed by atoms with E-state index in [2.05, 4.69) is 62.4 Å². The van der Waals surface area contributed by atoms with Crippen LogP contribution in [0.1, 0.15) is 49.9 Å². The van der Waals surface area contributed by atoms with Crippen molar-refractivity contribution < 1.29 is 14.3 Å². The molecule has 4 aliphatic rings. The van der Waals surface area contributed by atoms with Gasteiger partial charge in [-0.2, -0.15) is 0 Å². The zero-order valence-corrected chi connectivity index (χ0v) is 20.2. The largest absolute Gasteiger partial charge is 0.334 e. The molecular formula is C30H32N2O3. The molecular weight excluding hydrogens is 436 g/mol. The fourth-order valence-electron chi connectivity index (χ4n) is 6.53. The van der Waals surface area contributed by atoms with E-state index < -0.39 is 12.5 Å². The van der Waals surface area contributed by atoms with Gasteiger partial charge in [0.1, 0.15) is 12.5 Å². The molecule has 8 atom stereocenters. The van der Waals surface area contributed by atoms with Gasteiger partial charge >= 0.3 is 0 Å². The lowest BCUT2D eigenvalue weighted by atomic mass is 9.97. The third-order valence-corrected chi connectivity index (χ3v) is 8.45. The average Bonchev–Trinajstić information content (AvgIpc) is 3.66. The number of carbonyl (C=O) groups excluding carboxylic acids is 2. The van der Waals surface area contributed by atoms with Crippen LogP contribution < -0.4 is 0 Å². The van der Waals surface area contributed by atoms with E-state index >= 15 is 0 Å². The molecule has 35 heavy (non-hydrogen) atoms. The van der Waals surface area contributed by atoms with Crippen LogP contribution in [0, 0.1) is 23.7 Å². The van der Waals surface area contributed by atoms with Crippen LogP contribution >= 0.6 is 0 Å². The van der Waals surface area contributed by atoms with Gasteiger partial charge in [-0.25, -0.2) is 0 Å². The number of nitrogens with zero attached hydrogens (tertiary/aromatic N) is 2. The second-order valence-electron chi connectivity index (χ2n) is 10.3. The summed E-state index contributed by atoms with van der Waals surface area (Å²) in [6, 6.07) is 20.1. The highest BCUT2D eigenvalue weighted by atomic mass is 16.5. The summed E-state index contributed by atoms with van der Waals surface area (Å²) in [6.45, 7) is 4.16. The zero-order valence-electron chi connectivity index (χ0n) is 20.2. The van der Waals surface area contributed by atoms with Crippen LogP contribution in [0.2, 0.25) is 0 Å². The molecule has 2 fully saturated rings. The molecule has 2 saturated heterocycles. The molecule has 6 rings (SSSR count). The lowest BCUT2D eigenvalue weighted by molar-refractivity contribution is -0.177. The standard InChI is InChI=1S/C30H32N2O3/c1-19(21-11-5-3-6-12-21)31-27(33)23-15-9-17-25(23)29(31)35-30-26-18-10-16-24(26)28(34)32(30)20(2)22-13-7-4-8-14-22/h3-14,17-20,23-26,29-30H,15-16H2,1-2H3/t19-,20-,23-,24-,25+,26+,29?,30?/m1/s1. The topological polar surface area (TPSA) is 49.9 Å². The summed E-state index contributed by atoms with van der Waals surface area (Å²) in [6.07, 6.45) is 9.20. The molecule has 0 N–H and O–H groups in total. The molecule has 2 amide bonds. The quantitative estimate of drug-likeness (QED) is 0.545. The maximum Gasteiger partial charge on any atom is 0.229 e. The van der Waals surface area contributed by atoms with Gasteiger partial charge in [-0.3, -0.25) is 9.59 Å². The van der Waals surface area contributed by atoms with Crippen LogP contribution in [0.15, 0.2) is 85.0 Å². The van der Waals surface area contributed by atoms with Gasteiger partial charge in [0.25, 0.3) is 0 Å². The van der Waals surface area contributed by atoms with E-state index in [0.717, 1.165) is 24.0 Å². The van der Waals surface area contributed by atoms with Crippen molar-refractivity contribution in [3.8, 4) is 0 Å². The van der Waals surface area contributed by atoms with E-state index in [-0.39, 0.29) is 47.6 Å². The number of hydrogen-bond acceptors (Lipinski definition) is 3. The first-order chi connectivity index (χ1) is 17.1. The second kappa shape index (κ2) is 8.80. The van der Waals surface area contributed by atoms with E-state index in [1.807, 2.05) is 46.2 Å². The third kappa shape index (κ3) is 3.56. The lowest BCUT2D eigenvalue weighted by Gasteiger charge is -2.39. The highest BCUT2D eigenvalue weighted by Gasteiger charge is 2.56. The number of allylic oxidation sites excluding steroid dienone is 2. The van der Waals surface area contributed by atoms with Crippen LogP contribution in [0.3, 0.4) is 0 Å². The minimum Gasteiger partial charge on any atom is -0.334 e. The summed E-state index contributed by atoms with van der Waals surface area (Å²) >= 11 is 0. The second-order valence-corrected chi connectivity index (χ2v) is 10.3. The van der Waals surface area contributed by atoms with Crippen molar-refractivity contribution in [3.63, 3.8) is 0 Å². The number of fused-ring (bicyclic) bond motifs is 2. The van der Waals surface area contributed by atoms with Gasteiger partial charge in [-0.15, -0.1) is 0 Å². The Bertz CT molecular complexity index is 1070. The smallest absolute Gasteiger partial charge is 0.229 e. The number of ether oxygens (including phenoxy) is 1. The maximum atomic E-state index is 13.6. The number of amides is 2. The van der Waals surface area contributed by atoms with Crippen molar-refractivity contribution in [2.24, 2.45) is 23.7 Å².